The van der Waals surface area contributed by atoms with E-state index in [1.807, 2.05) is 20.8 Å². The lowest BCUT2D eigenvalue weighted by Crippen LogP contribution is -2.22. The van der Waals surface area contributed by atoms with Gasteiger partial charge < -0.3 is 10.1 Å². The number of aryl methyl sites for hydroxylation is 1. The third-order valence-corrected chi connectivity index (χ3v) is 5.54. The highest BCUT2D eigenvalue weighted by atomic mass is 35.5. The van der Waals surface area contributed by atoms with Gasteiger partial charge in [0.05, 0.1) is 30.4 Å². The summed E-state index contributed by atoms with van der Waals surface area (Å²) < 4.78 is 7.55. The first-order valence-electron chi connectivity index (χ1n) is 9.66. The predicted octanol–water partition coefficient (Wildman–Crippen LogP) is 5.20. The summed E-state index contributed by atoms with van der Waals surface area (Å²) in [6, 6.07) is 0. The molecule has 0 aromatic carbocycles. The Morgan fingerprint density at radius 2 is 2.07 bits per heavy atom. The lowest BCUT2D eigenvalue weighted by molar-refractivity contribution is 0.183. The van der Waals surface area contributed by atoms with Gasteiger partial charge in [0.15, 0.2) is 0 Å². The van der Waals surface area contributed by atoms with Crippen molar-refractivity contribution in [3.8, 4) is 5.88 Å². The fourth-order valence-electron chi connectivity index (χ4n) is 3.24. The monoisotopic (exact) mass is 402 g/mol. The van der Waals surface area contributed by atoms with Crippen molar-refractivity contribution >= 4 is 23.2 Å². The van der Waals surface area contributed by atoms with E-state index in [-0.39, 0.29) is 0 Å². The summed E-state index contributed by atoms with van der Waals surface area (Å²) in [5, 5.41) is 7.97. The maximum Gasteiger partial charge on any atom is 0.319 e. The SMILES string of the molecule is [C-]#[N+]C(C)(C)n1cc(Nc2ncc(Cl)c(OCC3CCC(C)CC3)n2)c(C)n1. The smallest absolute Gasteiger partial charge is 0.319 e. The average molecular weight is 403 g/mol. The van der Waals surface area contributed by atoms with Gasteiger partial charge in [0.25, 0.3) is 0 Å². The second-order valence-corrected chi connectivity index (χ2v) is 8.49. The molecule has 0 aliphatic heterocycles. The first-order chi connectivity index (χ1) is 13.3. The molecule has 1 fully saturated rings. The van der Waals surface area contributed by atoms with Crippen LogP contribution in [-0.2, 0) is 5.66 Å². The number of halogens is 1. The first-order valence-corrected chi connectivity index (χ1v) is 10.0. The minimum atomic E-state index is -0.753. The van der Waals surface area contributed by atoms with E-state index in [1.165, 1.54) is 31.9 Å². The van der Waals surface area contributed by atoms with Crippen molar-refractivity contribution in [3.63, 3.8) is 0 Å². The molecule has 1 aliphatic carbocycles. The third kappa shape index (κ3) is 4.74. The normalized spacial score (nSPS) is 19.9. The molecule has 3 rings (SSSR count). The number of hydrogen-bond acceptors (Lipinski definition) is 5. The van der Waals surface area contributed by atoms with E-state index in [9.17, 15) is 0 Å². The fraction of sp³-hybridized carbons (Fsp3) is 0.600. The number of aromatic nitrogens is 4. The van der Waals surface area contributed by atoms with Crippen LogP contribution < -0.4 is 10.1 Å². The summed E-state index contributed by atoms with van der Waals surface area (Å²) in [4.78, 5) is 12.3. The molecule has 0 radical (unpaired) electrons. The van der Waals surface area contributed by atoms with Crippen LogP contribution >= 0.6 is 11.6 Å². The zero-order chi connectivity index (χ0) is 20.3. The van der Waals surface area contributed by atoms with Crippen LogP contribution in [0, 0.1) is 25.3 Å². The highest BCUT2D eigenvalue weighted by molar-refractivity contribution is 6.31. The van der Waals surface area contributed by atoms with Crippen LogP contribution in [0.5, 0.6) is 5.88 Å². The van der Waals surface area contributed by atoms with Crippen LogP contribution in [0.4, 0.5) is 11.6 Å². The number of rotatable bonds is 6. The second kappa shape index (κ2) is 8.36. The molecule has 0 bridgehead atoms. The zero-order valence-electron chi connectivity index (χ0n) is 16.9. The van der Waals surface area contributed by atoms with Crippen LogP contribution in [0.3, 0.4) is 0 Å². The van der Waals surface area contributed by atoms with Crippen molar-refractivity contribution in [2.75, 3.05) is 11.9 Å². The summed E-state index contributed by atoms with van der Waals surface area (Å²) in [5.74, 6) is 2.14. The Labute approximate surface area is 171 Å². The van der Waals surface area contributed by atoms with Crippen LogP contribution in [0.25, 0.3) is 4.85 Å². The van der Waals surface area contributed by atoms with Gasteiger partial charge >= 0.3 is 5.66 Å². The number of hydrogen-bond donors (Lipinski definition) is 1. The van der Waals surface area contributed by atoms with Gasteiger partial charge in [-0.2, -0.15) is 14.8 Å². The Kier molecular flexibility index (Phi) is 6.09. The van der Waals surface area contributed by atoms with Gasteiger partial charge in [-0.25, -0.2) is 11.6 Å². The van der Waals surface area contributed by atoms with Gasteiger partial charge in [0.1, 0.15) is 5.02 Å². The van der Waals surface area contributed by atoms with Crippen molar-refractivity contribution in [3.05, 3.63) is 34.5 Å². The van der Waals surface area contributed by atoms with E-state index >= 15 is 0 Å². The molecule has 0 amide bonds. The van der Waals surface area contributed by atoms with Gasteiger partial charge in [-0.05, 0) is 31.6 Å². The van der Waals surface area contributed by atoms with E-state index in [0.29, 0.717) is 29.4 Å². The quantitative estimate of drug-likeness (QED) is 0.673. The number of anilines is 2. The van der Waals surface area contributed by atoms with Crippen molar-refractivity contribution in [2.24, 2.45) is 11.8 Å². The number of nitrogens with zero attached hydrogens (tertiary/aromatic N) is 5. The Balaban J connectivity index is 1.69. The molecule has 7 nitrogen and oxygen atoms in total. The molecule has 2 heterocycles. The molecule has 1 saturated carbocycles. The Bertz CT molecular complexity index is 864. The second-order valence-electron chi connectivity index (χ2n) is 8.09. The molecule has 0 spiro atoms. The average Bonchev–Trinajstić information content (AvgIpc) is 3.05. The summed E-state index contributed by atoms with van der Waals surface area (Å²) >= 11 is 6.23. The largest absolute Gasteiger partial charge is 0.476 e. The number of ether oxygens (including phenoxy) is 1. The summed E-state index contributed by atoms with van der Waals surface area (Å²) in [5.41, 5.74) is 0.748. The van der Waals surface area contributed by atoms with E-state index in [1.54, 1.807) is 10.9 Å². The molecular formula is C20H27ClN6O. The minimum absolute atomic E-state index is 0.389. The summed E-state index contributed by atoms with van der Waals surface area (Å²) in [6.07, 6.45) is 8.20. The van der Waals surface area contributed by atoms with Crippen LogP contribution in [0.15, 0.2) is 12.4 Å². The van der Waals surface area contributed by atoms with E-state index in [4.69, 9.17) is 22.9 Å². The Morgan fingerprint density at radius 3 is 2.75 bits per heavy atom. The molecule has 8 heteroatoms. The van der Waals surface area contributed by atoms with Gasteiger partial charge in [-0.15, -0.1) is 0 Å². The van der Waals surface area contributed by atoms with Gasteiger partial charge in [-0.1, -0.05) is 31.4 Å². The van der Waals surface area contributed by atoms with Crippen LogP contribution in [0.2, 0.25) is 5.02 Å². The van der Waals surface area contributed by atoms with Crippen LogP contribution in [0.1, 0.15) is 52.1 Å². The van der Waals surface area contributed by atoms with E-state index in [0.717, 1.165) is 17.3 Å². The topological polar surface area (TPSA) is 69.2 Å². The van der Waals surface area contributed by atoms with E-state index in [2.05, 4.69) is 32.2 Å². The highest BCUT2D eigenvalue weighted by Crippen LogP contribution is 2.30. The predicted molar refractivity (Wildman–Crippen MR) is 110 cm³/mol. The van der Waals surface area contributed by atoms with Crippen LogP contribution in [-0.4, -0.2) is 26.4 Å². The maximum atomic E-state index is 7.33. The minimum Gasteiger partial charge on any atom is -0.476 e. The Hall–Kier alpha value is -2.33. The number of nitrogens with one attached hydrogen (secondary N) is 1. The van der Waals surface area contributed by atoms with Crippen molar-refractivity contribution in [1.29, 1.82) is 0 Å². The summed E-state index contributed by atoms with van der Waals surface area (Å²) in [7, 11) is 0. The molecule has 150 valence electrons. The molecule has 1 N–H and O–H groups in total. The van der Waals surface area contributed by atoms with Gasteiger partial charge in [-0.3, -0.25) is 4.85 Å². The van der Waals surface area contributed by atoms with Crippen molar-refractivity contribution in [2.45, 2.75) is 59.0 Å². The Morgan fingerprint density at radius 1 is 1.36 bits per heavy atom. The molecule has 0 unspecified atom stereocenters. The molecule has 28 heavy (non-hydrogen) atoms. The molecule has 2 aromatic rings. The van der Waals surface area contributed by atoms with Gasteiger partial charge in [0.2, 0.25) is 11.8 Å². The molecule has 1 aliphatic rings. The van der Waals surface area contributed by atoms with E-state index < -0.39 is 5.66 Å². The molecule has 0 atom stereocenters. The van der Waals surface area contributed by atoms with Crippen molar-refractivity contribution < 1.29 is 4.74 Å². The first kappa shape index (κ1) is 20.4. The molecular weight excluding hydrogens is 376 g/mol. The standard InChI is InChI=1S/C20H27ClN6O/c1-13-6-8-15(9-7-13)12-28-18-16(21)10-23-19(25-18)24-17-11-27(26-14(17)2)20(3,4)22-5/h10-11,13,15H,6-9,12H2,1-4H3,(H,23,24,25). The summed E-state index contributed by atoms with van der Waals surface area (Å²) in [6.45, 7) is 15.8. The fourth-order valence-corrected chi connectivity index (χ4v) is 3.39. The lowest BCUT2D eigenvalue weighted by atomic mass is 9.83. The lowest BCUT2D eigenvalue weighted by Gasteiger charge is -2.25. The molecule has 0 saturated heterocycles. The highest BCUT2D eigenvalue weighted by Gasteiger charge is 2.27. The zero-order valence-corrected chi connectivity index (χ0v) is 17.6. The molecule has 2 aromatic heterocycles. The maximum absolute atomic E-state index is 7.33. The third-order valence-electron chi connectivity index (χ3n) is 5.28. The van der Waals surface area contributed by atoms with Gasteiger partial charge in [0, 0.05) is 13.8 Å². The van der Waals surface area contributed by atoms with Crippen molar-refractivity contribution in [1.82, 2.24) is 19.7 Å².